The van der Waals surface area contributed by atoms with Gasteiger partial charge in [0.1, 0.15) is 5.75 Å². The summed E-state index contributed by atoms with van der Waals surface area (Å²) in [5, 5.41) is 2.82. The summed E-state index contributed by atoms with van der Waals surface area (Å²) in [6, 6.07) is 7.73. The third-order valence-corrected chi connectivity index (χ3v) is 3.26. The molecule has 0 radical (unpaired) electrons. The zero-order chi connectivity index (χ0) is 14.3. The number of carbonyl (C=O) groups excluding carboxylic acids is 1. The van der Waals surface area contributed by atoms with Gasteiger partial charge in [-0.3, -0.25) is 4.79 Å². The molecular weight excluding hydrogens is 296 g/mol. The lowest BCUT2D eigenvalue weighted by Crippen LogP contribution is -2.45. The predicted molar refractivity (Wildman–Crippen MR) is 86.9 cm³/mol. The van der Waals surface area contributed by atoms with Crippen molar-refractivity contribution < 1.29 is 9.53 Å². The third kappa shape index (κ3) is 8.30. The van der Waals surface area contributed by atoms with Crippen LogP contribution in [0.1, 0.15) is 20.8 Å². The minimum Gasteiger partial charge on any atom is -0.494 e. The topological polar surface area (TPSA) is 64.3 Å². The van der Waals surface area contributed by atoms with Crippen LogP contribution in [-0.4, -0.2) is 30.4 Å². The van der Waals surface area contributed by atoms with Gasteiger partial charge >= 0.3 is 0 Å². The maximum absolute atomic E-state index is 11.6. The van der Waals surface area contributed by atoms with E-state index in [-0.39, 0.29) is 23.9 Å². The first-order valence-electron chi connectivity index (χ1n) is 6.32. The third-order valence-electron chi connectivity index (χ3n) is 2.25. The summed E-state index contributed by atoms with van der Waals surface area (Å²) in [6.07, 6.45) is 0. The second kappa shape index (κ2) is 9.10. The number of halogens is 1. The fraction of sp³-hybridized carbons (Fsp3) is 0.500. The predicted octanol–water partition coefficient (Wildman–Crippen LogP) is 2.45. The first kappa shape index (κ1) is 19.1. The molecule has 0 spiro atoms. The van der Waals surface area contributed by atoms with Crippen molar-refractivity contribution in [1.82, 2.24) is 5.32 Å². The zero-order valence-electron chi connectivity index (χ0n) is 12.1. The Kier molecular flexibility index (Phi) is 8.69. The Bertz CT molecular complexity index is 405. The summed E-state index contributed by atoms with van der Waals surface area (Å²) in [4.78, 5) is 12.7. The Morgan fingerprint density at radius 1 is 1.35 bits per heavy atom. The monoisotopic (exact) mass is 318 g/mol. The molecule has 114 valence electrons. The van der Waals surface area contributed by atoms with E-state index in [9.17, 15) is 4.79 Å². The van der Waals surface area contributed by atoms with Crippen LogP contribution in [0.15, 0.2) is 29.2 Å². The Hall–Kier alpha value is -0.910. The van der Waals surface area contributed by atoms with Crippen molar-refractivity contribution in [3.8, 4) is 5.75 Å². The summed E-state index contributed by atoms with van der Waals surface area (Å²) in [5.41, 5.74) is 5.43. The van der Waals surface area contributed by atoms with E-state index in [1.165, 1.54) is 11.8 Å². The van der Waals surface area contributed by atoms with E-state index in [4.69, 9.17) is 10.5 Å². The lowest BCUT2D eigenvalue weighted by atomic mass is 10.1. The first-order chi connectivity index (χ1) is 8.90. The summed E-state index contributed by atoms with van der Waals surface area (Å²) in [5.74, 6) is 1.24. The number of rotatable bonds is 7. The van der Waals surface area contributed by atoms with Crippen molar-refractivity contribution in [1.29, 1.82) is 0 Å². The van der Waals surface area contributed by atoms with Gasteiger partial charge in [0.15, 0.2) is 0 Å². The van der Waals surface area contributed by atoms with Crippen LogP contribution in [0.3, 0.4) is 0 Å². The van der Waals surface area contributed by atoms with Crippen LogP contribution in [0.4, 0.5) is 0 Å². The highest BCUT2D eigenvalue weighted by molar-refractivity contribution is 8.00. The van der Waals surface area contributed by atoms with E-state index in [0.717, 1.165) is 10.6 Å². The summed E-state index contributed by atoms with van der Waals surface area (Å²) >= 11 is 1.50. The van der Waals surface area contributed by atoms with E-state index < -0.39 is 0 Å². The molecule has 1 rings (SSSR count). The van der Waals surface area contributed by atoms with Gasteiger partial charge in [0.2, 0.25) is 5.91 Å². The Morgan fingerprint density at radius 2 is 1.95 bits per heavy atom. The molecule has 6 heteroatoms. The van der Waals surface area contributed by atoms with Gasteiger partial charge in [-0.1, -0.05) is 0 Å². The Morgan fingerprint density at radius 3 is 2.45 bits per heavy atom. The number of nitrogens with one attached hydrogen (secondary N) is 1. The smallest absolute Gasteiger partial charge is 0.230 e. The minimum absolute atomic E-state index is 0. The van der Waals surface area contributed by atoms with Crippen molar-refractivity contribution in [2.45, 2.75) is 31.2 Å². The lowest BCUT2D eigenvalue weighted by molar-refractivity contribution is -0.118. The van der Waals surface area contributed by atoms with E-state index in [1.54, 1.807) is 0 Å². The molecular formula is C14H23ClN2O2S. The molecule has 0 unspecified atom stereocenters. The van der Waals surface area contributed by atoms with Crippen LogP contribution in [0, 0.1) is 0 Å². The number of ether oxygens (including phenoxy) is 1. The summed E-state index contributed by atoms with van der Waals surface area (Å²) in [7, 11) is 0. The molecule has 4 nitrogen and oxygen atoms in total. The summed E-state index contributed by atoms with van der Waals surface area (Å²) < 4.78 is 5.36. The Balaban J connectivity index is 0.00000361. The molecule has 1 aromatic carbocycles. The zero-order valence-corrected chi connectivity index (χ0v) is 13.8. The molecule has 0 aliphatic heterocycles. The molecule has 0 bridgehead atoms. The molecule has 0 saturated heterocycles. The quantitative estimate of drug-likeness (QED) is 0.758. The largest absolute Gasteiger partial charge is 0.494 e. The van der Waals surface area contributed by atoms with Gasteiger partial charge in [0.05, 0.1) is 12.4 Å². The Labute approximate surface area is 131 Å². The molecule has 1 amide bonds. The fourth-order valence-corrected chi connectivity index (χ4v) is 2.05. The summed E-state index contributed by atoms with van der Waals surface area (Å²) in [6.45, 7) is 6.85. The first-order valence-corrected chi connectivity index (χ1v) is 7.30. The van der Waals surface area contributed by atoms with E-state index >= 15 is 0 Å². The molecule has 0 heterocycles. The maximum Gasteiger partial charge on any atom is 0.230 e. The molecule has 0 aliphatic rings. The van der Waals surface area contributed by atoms with Crippen LogP contribution < -0.4 is 15.8 Å². The molecule has 0 fully saturated rings. The molecule has 0 saturated carbocycles. The maximum atomic E-state index is 11.6. The van der Waals surface area contributed by atoms with E-state index in [2.05, 4.69) is 5.32 Å². The van der Waals surface area contributed by atoms with Crippen LogP contribution >= 0.6 is 24.2 Å². The van der Waals surface area contributed by atoms with Crippen molar-refractivity contribution in [3.63, 3.8) is 0 Å². The number of hydrogen-bond acceptors (Lipinski definition) is 4. The second-order valence-corrected chi connectivity index (χ2v) is 6.01. The van der Waals surface area contributed by atoms with Crippen molar-refractivity contribution >= 4 is 30.1 Å². The van der Waals surface area contributed by atoms with Gasteiger partial charge in [-0.25, -0.2) is 0 Å². The molecule has 0 aromatic heterocycles. The van der Waals surface area contributed by atoms with Crippen LogP contribution in [0.5, 0.6) is 5.75 Å². The molecule has 0 aliphatic carbocycles. The van der Waals surface area contributed by atoms with Gasteiger partial charge in [0.25, 0.3) is 0 Å². The van der Waals surface area contributed by atoms with Gasteiger partial charge in [-0.05, 0) is 45.0 Å². The highest BCUT2D eigenvalue weighted by Crippen LogP contribution is 2.21. The number of benzene rings is 1. The van der Waals surface area contributed by atoms with Crippen LogP contribution in [0.25, 0.3) is 0 Å². The second-order valence-electron chi connectivity index (χ2n) is 4.96. The highest BCUT2D eigenvalue weighted by atomic mass is 35.5. The van der Waals surface area contributed by atoms with Gasteiger partial charge < -0.3 is 15.8 Å². The number of hydrogen-bond donors (Lipinski definition) is 2. The van der Waals surface area contributed by atoms with Crippen molar-refractivity contribution in [2.75, 3.05) is 18.9 Å². The van der Waals surface area contributed by atoms with Crippen LogP contribution in [0.2, 0.25) is 0 Å². The normalized spacial score (nSPS) is 10.6. The molecule has 3 N–H and O–H groups in total. The van der Waals surface area contributed by atoms with E-state index in [1.807, 2.05) is 45.0 Å². The van der Waals surface area contributed by atoms with Gasteiger partial charge in [-0.15, -0.1) is 24.2 Å². The van der Waals surface area contributed by atoms with Crippen molar-refractivity contribution in [2.24, 2.45) is 5.73 Å². The van der Waals surface area contributed by atoms with E-state index in [0.29, 0.717) is 18.9 Å². The number of carbonyl (C=O) groups is 1. The van der Waals surface area contributed by atoms with Crippen LogP contribution in [-0.2, 0) is 4.79 Å². The number of amides is 1. The highest BCUT2D eigenvalue weighted by Gasteiger charge is 2.12. The molecule has 1 aromatic rings. The van der Waals surface area contributed by atoms with Gasteiger partial charge in [-0.2, -0.15) is 0 Å². The molecule has 20 heavy (non-hydrogen) atoms. The lowest BCUT2D eigenvalue weighted by Gasteiger charge is -2.18. The average molecular weight is 319 g/mol. The number of thioether (sulfide) groups is 1. The average Bonchev–Trinajstić information content (AvgIpc) is 2.35. The fourth-order valence-electron chi connectivity index (χ4n) is 1.33. The standard InChI is InChI=1S/C14H22N2O2S.ClH/c1-4-18-11-5-7-12(8-6-11)19-9-13(17)16-10-14(2,3)15;/h5-8H,4,9-10,15H2,1-3H3,(H,16,17);1H. The molecule has 0 atom stereocenters. The minimum atomic E-state index is -0.376. The SMILES string of the molecule is CCOc1ccc(SCC(=O)NCC(C)(C)N)cc1.Cl. The van der Waals surface area contributed by atoms with Crippen molar-refractivity contribution in [3.05, 3.63) is 24.3 Å². The number of nitrogens with two attached hydrogens (primary N) is 1. The van der Waals surface area contributed by atoms with Gasteiger partial charge in [0, 0.05) is 17.0 Å².